The summed E-state index contributed by atoms with van der Waals surface area (Å²) in [4.78, 5) is 4.79. The highest BCUT2D eigenvalue weighted by Gasteiger charge is 2.37. The molecule has 12 nitrogen and oxygen atoms in total. The van der Waals surface area contributed by atoms with Gasteiger partial charge in [-0.3, -0.25) is 4.68 Å². The summed E-state index contributed by atoms with van der Waals surface area (Å²) < 4.78 is 97.8. The van der Waals surface area contributed by atoms with Crippen LogP contribution in [0.1, 0.15) is 17.7 Å². The van der Waals surface area contributed by atoms with Crippen LogP contribution in [0.3, 0.4) is 0 Å². The first-order valence-corrected chi connectivity index (χ1v) is 15.3. The smallest absolute Gasteiger partial charge is 0.388 e. The van der Waals surface area contributed by atoms with E-state index in [0.717, 1.165) is 10.2 Å². The van der Waals surface area contributed by atoms with Crippen molar-refractivity contribution >= 4 is 10.0 Å². The number of nitrogens with zero attached hydrogens (tertiary/aromatic N) is 6. The van der Waals surface area contributed by atoms with Gasteiger partial charge in [-0.2, -0.15) is 13.9 Å². The molecule has 0 saturated heterocycles. The van der Waals surface area contributed by atoms with Crippen LogP contribution in [0.25, 0.3) is 33.8 Å². The first-order valence-electron chi connectivity index (χ1n) is 13.7. The number of sulfonamides is 1. The lowest BCUT2D eigenvalue weighted by atomic mass is 9.98. The Balaban J connectivity index is 1.54. The fourth-order valence-electron chi connectivity index (χ4n) is 5.38. The van der Waals surface area contributed by atoms with E-state index in [1.165, 1.54) is 17.9 Å². The van der Waals surface area contributed by atoms with Gasteiger partial charge in [0.15, 0.2) is 0 Å². The van der Waals surface area contributed by atoms with Gasteiger partial charge in [0.25, 0.3) is 6.43 Å². The minimum absolute atomic E-state index is 0.0269. The normalized spacial score (nSPS) is 15.2. The van der Waals surface area contributed by atoms with Gasteiger partial charge in [-0.1, -0.05) is 30.3 Å². The number of benzene rings is 1. The Morgan fingerprint density at radius 1 is 1.09 bits per heavy atom. The zero-order valence-electron chi connectivity index (χ0n) is 23.6. The number of fused-ring (bicyclic) bond motifs is 2. The maximum atomic E-state index is 14.6. The number of aliphatic hydroxyl groups is 1. The Bertz CT molecular complexity index is 1890. The molecule has 0 amide bonds. The third kappa shape index (κ3) is 6.10. The molecule has 3 aliphatic heterocycles. The van der Waals surface area contributed by atoms with Gasteiger partial charge < -0.3 is 19.1 Å². The van der Waals surface area contributed by atoms with Gasteiger partial charge in [0, 0.05) is 37.1 Å². The van der Waals surface area contributed by atoms with Crippen LogP contribution >= 0.6 is 0 Å². The van der Waals surface area contributed by atoms with Crippen LogP contribution in [0.15, 0.2) is 54.9 Å². The van der Waals surface area contributed by atoms with Crippen molar-refractivity contribution in [2.75, 3.05) is 19.0 Å². The summed E-state index contributed by atoms with van der Waals surface area (Å²) >= 11 is 0. The second-order valence-electron chi connectivity index (χ2n) is 10.3. The number of aliphatic hydroxyl groups excluding tert-OH is 1. The van der Waals surface area contributed by atoms with Crippen LogP contribution in [-0.4, -0.2) is 74.3 Å². The third-order valence-electron chi connectivity index (χ3n) is 7.12. The zero-order valence-corrected chi connectivity index (χ0v) is 24.5. The molecule has 0 bridgehead atoms. The maximum absolute atomic E-state index is 14.6. The van der Waals surface area contributed by atoms with Crippen LogP contribution in [-0.2, 0) is 30.2 Å². The second-order valence-corrected chi connectivity index (χ2v) is 12.2. The summed E-state index contributed by atoms with van der Waals surface area (Å²) in [5.74, 6) is -0.709. The molecule has 45 heavy (non-hydrogen) atoms. The first kappa shape index (κ1) is 30.5. The Morgan fingerprint density at radius 2 is 1.87 bits per heavy atom. The van der Waals surface area contributed by atoms with Crippen LogP contribution in [0.2, 0.25) is 0 Å². The van der Waals surface area contributed by atoms with E-state index >= 15 is 0 Å². The van der Waals surface area contributed by atoms with Gasteiger partial charge in [0.2, 0.25) is 21.8 Å². The lowest BCUT2D eigenvalue weighted by Gasteiger charge is -2.25. The molecular weight excluding hydrogens is 622 g/mol. The van der Waals surface area contributed by atoms with Crippen molar-refractivity contribution < 1.29 is 40.6 Å². The van der Waals surface area contributed by atoms with Crippen molar-refractivity contribution in [3.8, 4) is 45.5 Å². The van der Waals surface area contributed by atoms with Crippen molar-refractivity contribution in [3.05, 3.63) is 66.1 Å². The number of aryl methyl sites for hydroxylation is 1. The lowest BCUT2D eigenvalue weighted by Crippen LogP contribution is -2.45. The van der Waals surface area contributed by atoms with Gasteiger partial charge >= 0.3 is 6.61 Å². The molecule has 0 aliphatic carbocycles. The highest BCUT2D eigenvalue weighted by molar-refractivity contribution is 7.89. The number of pyridine rings is 1. The number of aromatic nitrogens is 6. The predicted molar refractivity (Wildman–Crippen MR) is 153 cm³/mol. The van der Waals surface area contributed by atoms with Crippen molar-refractivity contribution in [1.82, 2.24) is 33.8 Å². The number of hydrogen-bond acceptors (Lipinski definition) is 8. The summed E-state index contributed by atoms with van der Waals surface area (Å²) in [5.41, 5.74) is 0.760. The van der Waals surface area contributed by atoms with E-state index in [2.05, 4.69) is 14.9 Å². The summed E-state index contributed by atoms with van der Waals surface area (Å²) in [6, 6.07) is 12.0. The zero-order chi connectivity index (χ0) is 31.9. The van der Waals surface area contributed by atoms with Crippen molar-refractivity contribution in [2.45, 2.75) is 32.2 Å². The molecule has 2 N–H and O–H groups in total. The largest absolute Gasteiger partial charge is 0.476 e. The van der Waals surface area contributed by atoms with E-state index in [4.69, 9.17) is 19.6 Å². The molecule has 0 saturated carbocycles. The van der Waals surface area contributed by atoms with Gasteiger partial charge in [0.1, 0.15) is 18.1 Å². The van der Waals surface area contributed by atoms with E-state index in [1.807, 2.05) is 30.3 Å². The minimum atomic E-state index is -3.88. The Labute approximate surface area is 254 Å². The summed E-state index contributed by atoms with van der Waals surface area (Å²) in [6.45, 7) is -3.85. The van der Waals surface area contributed by atoms with Crippen molar-refractivity contribution in [2.24, 2.45) is 7.05 Å². The highest BCUT2D eigenvalue weighted by atomic mass is 32.2. The Morgan fingerprint density at radius 3 is 2.58 bits per heavy atom. The number of alkyl halides is 4. The van der Waals surface area contributed by atoms with Crippen LogP contribution in [0.5, 0.6) is 11.8 Å². The fraction of sp³-hybridized carbons (Fsp3) is 0.321. The lowest BCUT2D eigenvalue weighted by molar-refractivity contribution is -0.0527. The minimum Gasteiger partial charge on any atom is -0.476 e. The number of hydrogen-bond donors (Lipinski definition) is 2. The van der Waals surface area contributed by atoms with Gasteiger partial charge in [-0.25, -0.2) is 31.6 Å². The van der Waals surface area contributed by atoms with E-state index in [1.54, 1.807) is 22.9 Å². The number of nitrogens with one attached hydrogen (secondary N) is 1. The average molecular weight is 650 g/mol. The molecule has 0 radical (unpaired) electrons. The van der Waals surface area contributed by atoms with Crippen LogP contribution in [0, 0.1) is 0 Å². The van der Waals surface area contributed by atoms with Gasteiger partial charge in [0.05, 0.1) is 41.8 Å². The number of ether oxygens (including phenoxy) is 2. The van der Waals surface area contributed by atoms with Crippen molar-refractivity contribution in [1.29, 1.82) is 0 Å². The van der Waals surface area contributed by atoms with Crippen LogP contribution < -0.4 is 14.2 Å². The first-order chi connectivity index (χ1) is 21.5. The average Bonchev–Trinajstić information content (AvgIpc) is 3.65. The van der Waals surface area contributed by atoms with Gasteiger partial charge in [-0.15, -0.1) is 5.10 Å². The molecule has 0 spiro atoms. The molecule has 6 rings (SSSR count). The predicted octanol–water partition coefficient (Wildman–Crippen LogP) is 3.51. The van der Waals surface area contributed by atoms with Crippen LogP contribution in [0.4, 0.5) is 17.6 Å². The van der Waals surface area contributed by atoms with Gasteiger partial charge in [-0.05, 0) is 17.7 Å². The molecular formula is C28H27F4N7O5S. The number of rotatable bonds is 11. The molecule has 3 aliphatic rings. The molecule has 1 atom stereocenters. The second kappa shape index (κ2) is 12.1. The molecule has 1 aromatic carbocycles. The highest BCUT2D eigenvalue weighted by Crippen LogP contribution is 2.49. The molecule has 5 heterocycles. The summed E-state index contributed by atoms with van der Waals surface area (Å²) in [6.07, 6.45) is 0.0781. The molecule has 3 aromatic rings. The summed E-state index contributed by atoms with van der Waals surface area (Å²) in [5, 5.41) is 17.1. The monoisotopic (exact) mass is 649 g/mol. The molecule has 238 valence electrons. The Kier molecular flexibility index (Phi) is 8.23. The number of halogens is 4. The standard InChI is InChI=1S/C28H27F4N7O5S/c1-37-14-19(26(35-37)44-28(31)32)20-18-8-5-9-38(12-16-6-3-2-4-7-16)25(18)33-22(20)21-23(24(29)30)34-39-13-17(15-43-27(21)39)36-45(41,42)11-10-40/h2-9,14,17,24,28,36,40H,10-13,15H2,1H3/t17-/m0/s1. The van der Waals surface area contributed by atoms with E-state index in [0.29, 0.717) is 17.9 Å². The Hall–Kier alpha value is -4.48. The SMILES string of the molecule is Cn1cc(-c2c3cccn(Cc4ccccc4)c-3nc2-c2c(C(F)F)nn3c2OC[C@@H](NS(=O)(=O)CCO)C3)c(OC(F)F)n1. The topological polar surface area (TPSA) is 138 Å². The maximum Gasteiger partial charge on any atom is 0.388 e. The molecule has 2 aromatic heterocycles. The molecule has 17 heteroatoms. The van der Waals surface area contributed by atoms with E-state index < -0.39 is 53.0 Å². The third-order valence-corrected chi connectivity index (χ3v) is 8.54. The van der Waals surface area contributed by atoms with Crippen molar-refractivity contribution in [3.63, 3.8) is 0 Å². The van der Waals surface area contributed by atoms with E-state index in [-0.39, 0.29) is 41.4 Å². The quantitative estimate of drug-likeness (QED) is 0.208. The van der Waals surface area contributed by atoms with E-state index in [9.17, 15) is 26.0 Å². The summed E-state index contributed by atoms with van der Waals surface area (Å²) in [7, 11) is -2.37. The fourth-order valence-corrected chi connectivity index (χ4v) is 6.39. The molecule has 0 unspecified atom stereocenters. The molecule has 0 fully saturated rings.